The minimum absolute atomic E-state index is 0.00101. The molecule has 4 rings (SSSR count). The van der Waals surface area contributed by atoms with Gasteiger partial charge in [0, 0.05) is 38.3 Å². The van der Waals surface area contributed by atoms with E-state index in [9.17, 15) is 9.59 Å². The van der Waals surface area contributed by atoms with E-state index in [0.29, 0.717) is 13.1 Å². The summed E-state index contributed by atoms with van der Waals surface area (Å²) in [6.45, 7) is 2.76. The van der Waals surface area contributed by atoms with Gasteiger partial charge in [-0.1, -0.05) is 30.3 Å². The van der Waals surface area contributed by atoms with Crippen LogP contribution in [0.5, 0.6) is 5.75 Å². The van der Waals surface area contributed by atoms with Gasteiger partial charge in [-0.2, -0.15) is 0 Å². The Bertz CT molecular complexity index is 869. The van der Waals surface area contributed by atoms with Crippen LogP contribution >= 0.6 is 0 Å². The van der Waals surface area contributed by atoms with Gasteiger partial charge in [0.2, 0.25) is 11.8 Å². The zero-order chi connectivity index (χ0) is 20.4. The van der Waals surface area contributed by atoms with Crippen molar-refractivity contribution in [3.05, 3.63) is 60.2 Å². The summed E-state index contributed by atoms with van der Waals surface area (Å²) in [7, 11) is 3.70. The molecule has 0 saturated carbocycles. The predicted molar refractivity (Wildman–Crippen MR) is 112 cm³/mol. The van der Waals surface area contributed by atoms with E-state index in [2.05, 4.69) is 24.1 Å². The standard InChI is InChI=1S/C23H27N3O3/c1-24-12-13-25(21(16-24)17-6-4-3-5-7-17)23(28)18-14-22(27)26(15-18)19-8-10-20(29-2)11-9-19/h3-11,18,21H,12-16H2,1-2H3/t18-,21-/m1/s1. The molecule has 0 N–H and O–H groups in total. The summed E-state index contributed by atoms with van der Waals surface area (Å²) < 4.78 is 5.19. The molecule has 29 heavy (non-hydrogen) atoms. The van der Waals surface area contributed by atoms with Crippen LogP contribution in [0, 0.1) is 5.92 Å². The number of piperazine rings is 1. The maximum absolute atomic E-state index is 13.4. The van der Waals surface area contributed by atoms with E-state index in [-0.39, 0.29) is 30.2 Å². The van der Waals surface area contributed by atoms with Gasteiger partial charge in [0.05, 0.1) is 19.1 Å². The molecular formula is C23H27N3O3. The molecule has 0 radical (unpaired) electrons. The van der Waals surface area contributed by atoms with Crippen LogP contribution in [0.3, 0.4) is 0 Å². The lowest BCUT2D eigenvalue weighted by atomic mass is 9.99. The van der Waals surface area contributed by atoms with Crippen LogP contribution in [0.25, 0.3) is 0 Å². The number of anilines is 1. The van der Waals surface area contributed by atoms with Crippen LogP contribution in [0.2, 0.25) is 0 Å². The van der Waals surface area contributed by atoms with Crippen LogP contribution in [-0.4, -0.2) is 62.0 Å². The van der Waals surface area contributed by atoms with Crippen LogP contribution in [0.15, 0.2) is 54.6 Å². The summed E-state index contributed by atoms with van der Waals surface area (Å²) >= 11 is 0. The predicted octanol–water partition coefficient (Wildman–Crippen LogP) is 2.56. The molecule has 2 aromatic carbocycles. The van der Waals surface area contributed by atoms with Crippen molar-refractivity contribution < 1.29 is 14.3 Å². The van der Waals surface area contributed by atoms with Crippen molar-refractivity contribution in [2.75, 3.05) is 45.2 Å². The first-order chi connectivity index (χ1) is 14.1. The number of ether oxygens (including phenoxy) is 1. The number of carbonyl (C=O) groups excluding carboxylic acids is 2. The van der Waals surface area contributed by atoms with Crippen molar-refractivity contribution in [3.8, 4) is 5.75 Å². The molecule has 6 heteroatoms. The Kier molecular flexibility index (Phi) is 5.53. The number of hydrogen-bond donors (Lipinski definition) is 0. The molecule has 6 nitrogen and oxygen atoms in total. The lowest BCUT2D eigenvalue weighted by Gasteiger charge is -2.41. The largest absolute Gasteiger partial charge is 0.497 e. The van der Waals surface area contributed by atoms with Gasteiger partial charge in [-0.25, -0.2) is 0 Å². The lowest BCUT2D eigenvalue weighted by molar-refractivity contribution is -0.140. The number of amides is 2. The van der Waals surface area contributed by atoms with E-state index in [0.717, 1.165) is 30.1 Å². The number of hydrogen-bond acceptors (Lipinski definition) is 4. The highest BCUT2D eigenvalue weighted by Gasteiger charge is 2.40. The highest BCUT2D eigenvalue weighted by atomic mass is 16.5. The Labute approximate surface area is 171 Å². The minimum Gasteiger partial charge on any atom is -0.497 e. The van der Waals surface area contributed by atoms with E-state index in [1.807, 2.05) is 47.4 Å². The van der Waals surface area contributed by atoms with E-state index in [1.165, 1.54) is 0 Å². The molecule has 0 aromatic heterocycles. The summed E-state index contributed by atoms with van der Waals surface area (Å²) in [4.78, 5) is 32.0. The number of carbonyl (C=O) groups is 2. The van der Waals surface area contributed by atoms with Crippen molar-refractivity contribution >= 4 is 17.5 Å². The van der Waals surface area contributed by atoms with Crippen LogP contribution in [-0.2, 0) is 9.59 Å². The van der Waals surface area contributed by atoms with Crippen LogP contribution < -0.4 is 9.64 Å². The molecule has 2 fully saturated rings. The molecule has 0 spiro atoms. The fraction of sp³-hybridized carbons (Fsp3) is 0.391. The normalized spacial score (nSPS) is 22.8. The first kappa shape index (κ1) is 19.5. The van der Waals surface area contributed by atoms with Gasteiger partial charge in [0.1, 0.15) is 5.75 Å². The summed E-state index contributed by atoms with van der Waals surface area (Å²) in [6, 6.07) is 17.6. The molecule has 2 aliphatic heterocycles. The van der Waals surface area contributed by atoms with Crippen molar-refractivity contribution in [2.24, 2.45) is 5.92 Å². The number of nitrogens with zero attached hydrogens (tertiary/aromatic N) is 3. The average molecular weight is 393 g/mol. The Morgan fingerprint density at radius 3 is 2.41 bits per heavy atom. The van der Waals surface area contributed by atoms with E-state index >= 15 is 0 Å². The second kappa shape index (κ2) is 8.25. The molecule has 2 atom stereocenters. The fourth-order valence-corrected chi connectivity index (χ4v) is 4.26. The topological polar surface area (TPSA) is 53.1 Å². The van der Waals surface area contributed by atoms with Gasteiger partial charge in [0.15, 0.2) is 0 Å². The molecule has 2 aliphatic rings. The molecule has 0 aliphatic carbocycles. The lowest BCUT2D eigenvalue weighted by Crippen LogP contribution is -2.51. The van der Waals surface area contributed by atoms with Gasteiger partial charge in [-0.3, -0.25) is 9.59 Å². The molecule has 2 heterocycles. The maximum Gasteiger partial charge on any atom is 0.228 e. The number of methoxy groups -OCH3 is 1. The van der Waals surface area contributed by atoms with Crippen LogP contribution in [0.1, 0.15) is 18.0 Å². The summed E-state index contributed by atoms with van der Waals surface area (Å²) in [5, 5.41) is 0. The van der Waals surface area contributed by atoms with Crippen molar-refractivity contribution in [1.82, 2.24) is 9.80 Å². The average Bonchev–Trinajstić information content (AvgIpc) is 3.15. The molecule has 2 aromatic rings. The summed E-state index contributed by atoms with van der Waals surface area (Å²) in [6.07, 6.45) is 0.263. The third kappa shape index (κ3) is 3.98. The molecule has 152 valence electrons. The van der Waals surface area contributed by atoms with E-state index < -0.39 is 0 Å². The van der Waals surface area contributed by atoms with Gasteiger partial charge < -0.3 is 19.4 Å². The van der Waals surface area contributed by atoms with Crippen molar-refractivity contribution in [2.45, 2.75) is 12.5 Å². The summed E-state index contributed by atoms with van der Waals surface area (Å²) in [5.74, 6) is 0.519. The first-order valence-corrected chi connectivity index (χ1v) is 10.0. The van der Waals surface area contributed by atoms with E-state index in [1.54, 1.807) is 12.0 Å². The van der Waals surface area contributed by atoms with Crippen molar-refractivity contribution in [1.29, 1.82) is 0 Å². The van der Waals surface area contributed by atoms with Gasteiger partial charge in [-0.15, -0.1) is 0 Å². The second-order valence-electron chi connectivity index (χ2n) is 7.82. The highest BCUT2D eigenvalue weighted by molar-refractivity contribution is 6.00. The second-order valence-corrected chi connectivity index (χ2v) is 7.82. The molecular weight excluding hydrogens is 366 g/mol. The molecule has 2 saturated heterocycles. The van der Waals surface area contributed by atoms with Crippen LogP contribution in [0.4, 0.5) is 5.69 Å². The number of likely N-dealkylation sites (N-methyl/N-ethyl adjacent to an activating group) is 1. The maximum atomic E-state index is 13.4. The van der Waals surface area contributed by atoms with Gasteiger partial charge in [0.25, 0.3) is 0 Å². The Morgan fingerprint density at radius 2 is 1.72 bits per heavy atom. The molecule has 2 amide bonds. The zero-order valence-corrected chi connectivity index (χ0v) is 17.0. The zero-order valence-electron chi connectivity index (χ0n) is 17.0. The molecule has 0 unspecified atom stereocenters. The number of benzene rings is 2. The monoisotopic (exact) mass is 393 g/mol. The SMILES string of the molecule is COc1ccc(N2C[C@H](C(=O)N3CCN(C)C[C@@H]3c3ccccc3)CC2=O)cc1. The Balaban J connectivity index is 1.51. The third-order valence-corrected chi connectivity index (χ3v) is 5.91. The highest BCUT2D eigenvalue weighted by Crippen LogP contribution is 2.31. The van der Waals surface area contributed by atoms with Gasteiger partial charge in [-0.05, 0) is 36.9 Å². The number of rotatable bonds is 4. The first-order valence-electron chi connectivity index (χ1n) is 10.0. The third-order valence-electron chi connectivity index (χ3n) is 5.91. The molecule has 0 bridgehead atoms. The fourth-order valence-electron chi connectivity index (χ4n) is 4.26. The minimum atomic E-state index is -0.306. The quantitative estimate of drug-likeness (QED) is 0.801. The summed E-state index contributed by atoms with van der Waals surface area (Å²) in [5.41, 5.74) is 1.95. The van der Waals surface area contributed by atoms with E-state index in [4.69, 9.17) is 4.74 Å². The smallest absolute Gasteiger partial charge is 0.228 e. The van der Waals surface area contributed by atoms with Crippen molar-refractivity contribution in [3.63, 3.8) is 0 Å². The Hall–Kier alpha value is -2.86. The van der Waals surface area contributed by atoms with Gasteiger partial charge >= 0.3 is 0 Å². The Morgan fingerprint density at radius 1 is 1.00 bits per heavy atom.